The zero-order valence-electron chi connectivity index (χ0n) is 10.1. The molecule has 3 nitrogen and oxygen atoms in total. The van der Waals surface area contributed by atoms with E-state index in [9.17, 15) is 9.18 Å². The first kappa shape index (κ1) is 12.7. The number of benzene rings is 1. The first-order valence-corrected chi connectivity index (χ1v) is 6.24. The van der Waals surface area contributed by atoms with Gasteiger partial charge >= 0.3 is 6.09 Å². The highest BCUT2D eigenvalue weighted by atomic mass is 19.1. The molecule has 2 rings (SSSR count). The maximum atomic E-state index is 12.7. The molecule has 0 spiro atoms. The zero-order valence-corrected chi connectivity index (χ0v) is 10.1. The lowest BCUT2D eigenvalue weighted by Crippen LogP contribution is -2.19. The Morgan fingerprint density at radius 3 is 2.56 bits per heavy atom. The Hall–Kier alpha value is -1.71. The van der Waals surface area contributed by atoms with Crippen LogP contribution in [0.1, 0.15) is 37.7 Å². The third-order valence-electron chi connectivity index (χ3n) is 3.01. The number of aliphatic imine (C=N–C) groups is 1. The molecule has 1 saturated carbocycles. The van der Waals surface area contributed by atoms with Crippen molar-refractivity contribution in [2.75, 3.05) is 0 Å². The lowest BCUT2D eigenvalue weighted by molar-refractivity contribution is 0.0834. The summed E-state index contributed by atoms with van der Waals surface area (Å²) in [6.07, 6.45) is 6.13. The summed E-state index contributed by atoms with van der Waals surface area (Å²) < 4.78 is 17.9. The second-order valence-electron chi connectivity index (χ2n) is 4.45. The van der Waals surface area contributed by atoms with Crippen molar-refractivity contribution < 1.29 is 13.9 Å². The molecule has 0 saturated heterocycles. The van der Waals surface area contributed by atoms with Crippen LogP contribution in [0.25, 0.3) is 0 Å². The number of carbonyl (C=O) groups is 1. The fourth-order valence-corrected chi connectivity index (χ4v) is 2.03. The molecule has 0 unspecified atom stereocenters. The van der Waals surface area contributed by atoms with Crippen molar-refractivity contribution in [2.45, 2.75) is 38.2 Å². The number of amides is 1. The van der Waals surface area contributed by atoms with E-state index in [1.165, 1.54) is 24.8 Å². The van der Waals surface area contributed by atoms with Gasteiger partial charge in [-0.15, -0.1) is 0 Å². The van der Waals surface area contributed by atoms with Crippen molar-refractivity contribution in [3.63, 3.8) is 0 Å². The lowest BCUT2D eigenvalue weighted by Gasteiger charge is -2.20. The molecule has 1 aliphatic carbocycles. The van der Waals surface area contributed by atoms with E-state index in [0.29, 0.717) is 5.56 Å². The molecule has 1 fully saturated rings. The van der Waals surface area contributed by atoms with Crippen LogP contribution in [0.5, 0.6) is 0 Å². The Balaban J connectivity index is 1.84. The molecule has 0 aliphatic heterocycles. The number of carbonyl (C=O) groups excluding carboxylic acids is 1. The van der Waals surface area contributed by atoms with Gasteiger partial charge in [-0.3, -0.25) is 0 Å². The van der Waals surface area contributed by atoms with E-state index in [1.54, 1.807) is 12.1 Å². The van der Waals surface area contributed by atoms with Crippen LogP contribution in [0.2, 0.25) is 0 Å². The van der Waals surface area contributed by atoms with E-state index >= 15 is 0 Å². The minimum Gasteiger partial charge on any atom is -0.445 e. The smallest absolute Gasteiger partial charge is 0.433 e. The summed E-state index contributed by atoms with van der Waals surface area (Å²) in [5.74, 6) is -0.308. The summed E-state index contributed by atoms with van der Waals surface area (Å²) in [6.45, 7) is 0. The third kappa shape index (κ3) is 3.95. The molecule has 0 bridgehead atoms. The first-order chi connectivity index (χ1) is 8.74. The van der Waals surface area contributed by atoms with Crippen molar-refractivity contribution in [3.05, 3.63) is 35.6 Å². The molecule has 0 heterocycles. The minimum atomic E-state index is -0.564. The summed E-state index contributed by atoms with van der Waals surface area (Å²) in [5, 5.41) is 0. The number of hydrogen-bond acceptors (Lipinski definition) is 2. The summed E-state index contributed by atoms with van der Waals surface area (Å²) in [5.41, 5.74) is 0.678. The highest BCUT2D eigenvalue weighted by Gasteiger charge is 2.16. The molecular weight excluding hydrogens is 233 g/mol. The third-order valence-corrected chi connectivity index (χ3v) is 3.01. The van der Waals surface area contributed by atoms with E-state index in [4.69, 9.17) is 4.74 Å². The average molecular weight is 249 g/mol. The Kier molecular flexibility index (Phi) is 4.45. The van der Waals surface area contributed by atoms with Crippen LogP contribution in [0.15, 0.2) is 29.3 Å². The summed E-state index contributed by atoms with van der Waals surface area (Å²) in [4.78, 5) is 15.2. The Labute approximate surface area is 106 Å². The Morgan fingerprint density at radius 1 is 1.22 bits per heavy atom. The monoisotopic (exact) mass is 249 g/mol. The molecule has 1 amide bonds. The zero-order chi connectivity index (χ0) is 12.8. The molecular formula is C14H16FNO2. The molecule has 0 atom stereocenters. The standard InChI is InChI=1S/C14H16FNO2/c15-12-8-6-11(7-9-12)10-16-14(17)18-13-4-2-1-3-5-13/h6-10,13H,1-5H2/b16-10+. The van der Waals surface area contributed by atoms with Crippen molar-refractivity contribution in [1.29, 1.82) is 0 Å². The van der Waals surface area contributed by atoms with Gasteiger partial charge in [-0.2, -0.15) is 4.99 Å². The number of nitrogens with zero attached hydrogens (tertiary/aromatic N) is 1. The van der Waals surface area contributed by atoms with Crippen molar-refractivity contribution in [3.8, 4) is 0 Å². The van der Waals surface area contributed by atoms with Crippen molar-refractivity contribution >= 4 is 12.3 Å². The quantitative estimate of drug-likeness (QED) is 0.749. The van der Waals surface area contributed by atoms with Gasteiger partial charge in [-0.25, -0.2) is 9.18 Å². The van der Waals surface area contributed by atoms with Crippen LogP contribution in [0.4, 0.5) is 9.18 Å². The lowest BCUT2D eigenvalue weighted by atomic mass is 9.98. The molecule has 1 aliphatic rings. The Bertz CT molecular complexity index is 422. The van der Waals surface area contributed by atoms with Crippen LogP contribution in [0.3, 0.4) is 0 Å². The number of halogens is 1. The van der Waals surface area contributed by atoms with Gasteiger partial charge in [0, 0.05) is 6.21 Å². The highest BCUT2D eigenvalue weighted by molar-refractivity contribution is 5.88. The van der Waals surface area contributed by atoms with Gasteiger partial charge in [0.15, 0.2) is 0 Å². The second kappa shape index (κ2) is 6.28. The number of hydrogen-bond donors (Lipinski definition) is 0. The highest BCUT2D eigenvalue weighted by Crippen LogP contribution is 2.20. The molecule has 1 aromatic rings. The van der Waals surface area contributed by atoms with Gasteiger partial charge in [-0.05, 0) is 43.4 Å². The minimum absolute atomic E-state index is 0.0108. The van der Waals surface area contributed by atoms with Crippen LogP contribution in [-0.2, 0) is 4.74 Å². The van der Waals surface area contributed by atoms with Gasteiger partial charge in [0.05, 0.1) is 0 Å². The summed E-state index contributed by atoms with van der Waals surface area (Å²) >= 11 is 0. The first-order valence-electron chi connectivity index (χ1n) is 6.24. The maximum Gasteiger partial charge on any atom is 0.433 e. The SMILES string of the molecule is O=C(/N=C/c1ccc(F)cc1)OC1CCCCC1. The summed E-state index contributed by atoms with van der Waals surface area (Å²) in [6, 6.07) is 5.78. The normalized spacial score (nSPS) is 16.9. The fraction of sp³-hybridized carbons (Fsp3) is 0.429. The van der Waals surface area contributed by atoms with Gasteiger partial charge in [0.2, 0.25) is 0 Å². The molecule has 0 aromatic heterocycles. The van der Waals surface area contributed by atoms with E-state index < -0.39 is 6.09 Å². The van der Waals surface area contributed by atoms with Crippen LogP contribution in [0, 0.1) is 5.82 Å². The van der Waals surface area contributed by atoms with Crippen LogP contribution < -0.4 is 0 Å². The van der Waals surface area contributed by atoms with E-state index in [-0.39, 0.29) is 11.9 Å². The predicted octanol–water partition coefficient (Wildman–Crippen LogP) is 3.71. The predicted molar refractivity (Wildman–Crippen MR) is 67.3 cm³/mol. The largest absolute Gasteiger partial charge is 0.445 e. The summed E-state index contributed by atoms with van der Waals surface area (Å²) in [7, 11) is 0. The van der Waals surface area contributed by atoms with Gasteiger partial charge < -0.3 is 4.74 Å². The average Bonchev–Trinajstić information content (AvgIpc) is 2.39. The molecule has 96 valence electrons. The van der Waals surface area contributed by atoms with E-state index in [0.717, 1.165) is 25.7 Å². The number of ether oxygens (including phenoxy) is 1. The van der Waals surface area contributed by atoms with Crippen molar-refractivity contribution in [1.82, 2.24) is 0 Å². The van der Waals surface area contributed by atoms with Gasteiger partial charge in [0.25, 0.3) is 0 Å². The molecule has 0 radical (unpaired) electrons. The molecule has 0 N–H and O–H groups in total. The molecule has 4 heteroatoms. The number of rotatable bonds is 2. The van der Waals surface area contributed by atoms with Crippen LogP contribution in [-0.4, -0.2) is 18.4 Å². The Morgan fingerprint density at radius 2 is 1.89 bits per heavy atom. The second-order valence-corrected chi connectivity index (χ2v) is 4.45. The van der Waals surface area contributed by atoms with Crippen LogP contribution >= 0.6 is 0 Å². The van der Waals surface area contributed by atoms with Gasteiger partial charge in [-0.1, -0.05) is 18.6 Å². The van der Waals surface area contributed by atoms with Crippen molar-refractivity contribution in [2.24, 2.45) is 4.99 Å². The van der Waals surface area contributed by atoms with Gasteiger partial charge in [0.1, 0.15) is 11.9 Å². The topological polar surface area (TPSA) is 38.7 Å². The molecule has 18 heavy (non-hydrogen) atoms. The van der Waals surface area contributed by atoms with E-state index in [1.807, 2.05) is 0 Å². The maximum absolute atomic E-state index is 12.7. The fourth-order valence-electron chi connectivity index (χ4n) is 2.03. The van der Waals surface area contributed by atoms with E-state index in [2.05, 4.69) is 4.99 Å². The molecule has 1 aromatic carbocycles.